The van der Waals surface area contributed by atoms with E-state index in [0.29, 0.717) is 16.0 Å². The second-order valence-corrected chi connectivity index (χ2v) is 10.5. The van der Waals surface area contributed by atoms with Gasteiger partial charge >= 0.3 is 0 Å². The first-order valence-corrected chi connectivity index (χ1v) is 12.5. The molecule has 1 atom stereocenters. The molecule has 1 N–H and O–H groups in total. The summed E-state index contributed by atoms with van der Waals surface area (Å²) < 4.78 is 1.95. The largest absolute Gasteiger partial charge is 0.349 e. The second kappa shape index (κ2) is 8.28. The molecule has 1 amide bonds. The fourth-order valence-corrected chi connectivity index (χ4v) is 6.01. The maximum atomic E-state index is 13.3. The van der Waals surface area contributed by atoms with Gasteiger partial charge < -0.3 is 5.32 Å². The molecule has 1 heterocycles. The Hall–Kier alpha value is -3.11. The number of carbonyl (C=O) groups is 1. The first kappa shape index (κ1) is 21.4. The van der Waals surface area contributed by atoms with E-state index in [9.17, 15) is 4.79 Å². The first-order chi connectivity index (χ1) is 16.5. The van der Waals surface area contributed by atoms with Crippen molar-refractivity contribution in [3.63, 3.8) is 0 Å². The number of rotatable bonds is 5. The van der Waals surface area contributed by atoms with Crippen LogP contribution < -0.4 is 5.32 Å². The first-order valence-electron chi connectivity index (χ1n) is 12.1. The summed E-state index contributed by atoms with van der Waals surface area (Å²) in [5.74, 6) is -0.0555. The van der Waals surface area contributed by atoms with Crippen LogP contribution >= 0.6 is 11.6 Å². The summed E-state index contributed by atoms with van der Waals surface area (Å²) in [6.07, 6.45) is 7.97. The van der Waals surface area contributed by atoms with E-state index >= 15 is 0 Å². The van der Waals surface area contributed by atoms with Crippen molar-refractivity contribution in [3.05, 3.63) is 89.1 Å². The predicted octanol–water partition coefficient (Wildman–Crippen LogP) is 7.03. The number of benzene rings is 3. The quantitative estimate of drug-likeness (QED) is 0.341. The van der Waals surface area contributed by atoms with Crippen molar-refractivity contribution in [2.45, 2.75) is 51.1 Å². The molecule has 1 aromatic heterocycles. The maximum Gasteiger partial charge on any atom is 0.253 e. The van der Waals surface area contributed by atoms with E-state index in [1.54, 1.807) is 12.3 Å². The van der Waals surface area contributed by atoms with E-state index in [0.717, 1.165) is 29.3 Å². The average molecular weight is 470 g/mol. The van der Waals surface area contributed by atoms with E-state index in [2.05, 4.69) is 65.9 Å². The molecule has 3 aromatic carbocycles. The molecular formula is C29H28ClN3O. The van der Waals surface area contributed by atoms with Crippen LogP contribution in [0.5, 0.6) is 0 Å². The molecule has 2 aliphatic carbocycles. The molecule has 172 valence electrons. The van der Waals surface area contributed by atoms with Crippen molar-refractivity contribution < 1.29 is 4.79 Å². The van der Waals surface area contributed by atoms with E-state index in [1.807, 2.05) is 16.8 Å². The lowest BCUT2D eigenvalue weighted by Gasteiger charge is -2.54. The molecule has 1 unspecified atom stereocenters. The highest BCUT2D eigenvalue weighted by Gasteiger charge is 2.48. The van der Waals surface area contributed by atoms with Crippen molar-refractivity contribution >= 4 is 28.4 Å². The maximum absolute atomic E-state index is 13.3. The predicted molar refractivity (Wildman–Crippen MR) is 137 cm³/mol. The molecule has 0 aliphatic heterocycles. The van der Waals surface area contributed by atoms with Crippen LogP contribution in [0.25, 0.3) is 22.0 Å². The van der Waals surface area contributed by atoms with Gasteiger partial charge in [0.2, 0.25) is 0 Å². The lowest BCUT2D eigenvalue weighted by molar-refractivity contribution is -0.000604. The highest BCUT2D eigenvalue weighted by atomic mass is 35.5. The number of aromatic nitrogens is 2. The minimum atomic E-state index is -0.0555. The fourth-order valence-electron chi connectivity index (χ4n) is 5.79. The van der Waals surface area contributed by atoms with Crippen molar-refractivity contribution in [1.82, 2.24) is 15.1 Å². The van der Waals surface area contributed by atoms with Crippen LogP contribution in [0, 0.1) is 5.41 Å². The van der Waals surface area contributed by atoms with Gasteiger partial charge in [-0.25, -0.2) is 0 Å². The van der Waals surface area contributed by atoms with Crippen molar-refractivity contribution in [2.75, 3.05) is 0 Å². The summed E-state index contributed by atoms with van der Waals surface area (Å²) in [6, 6.07) is 22.8. The second-order valence-electron chi connectivity index (χ2n) is 10.1. The Morgan fingerprint density at radius 3 is 2.44 bits per heavy atom. The molecule has 2 aliphatic rings. The van der Waals surface area contributed by atoms with Crippen LogP contribution in [-0.4, -0.2) is 21.7 Å². The van der Waals surface area contributed by atoms with Gasteiger partial charge in [0, 0.05) is 16.5 Å². The molecule has 0 bridgehead atoms. The molecular weight excluding hydrogens is 442 g/mol. The topological polar surface area (TPSA) is 46.9 Å². The Morgan fingerprint density at radius 1 is 1.06 bits per heavy atom. The zero-order valence-corrected chi connectivity index (χ0v) is 20.1. The number of fused-ring (bicyclic) bond motifs is 1. The molecule has 4 nitrogen and oxygen atoms in total. The normalized spacial score (nSPS) is 17.8. The number of halogens is 1. The highest BCUT2D eigenvalue weighted by molar-refractivity contribution is 6.32. The van der Waals surface area contributed by atoms with Crippen molar-refractivity contribution in [2.24, 2.45) is 5.41 Å². The number of nitrogens with zero attached hydrogens (tertiary/aromatic N) is 2. The molecule has 0 saturated heterocycles. The monoisotopic (exact) mass is 469 g/mol. The molecule has 1 spiro atoms. The van der Waals surface area contributed by atoms with E-state index < -0.39 is 0 Å². The average Bonchev–Trinajstić information content (AvgIpc) is 3.23. The van der Waals surface area contributed by atoms with Crippen LogP contribution in [0.2, 0.25) is 5.02 Å². The molecule has 5 heteroatoms. The summed E-state index contributed by atoms with van der Waals surface area (Å²) in [7, 11) is 0. The van der Waals surface area contributed by atoms with Crippen molar-refractivity contribution in [1.29, 1.82) is 0 Å². The molecule has 0 radical (unpaired) electrons. The number of hydrogen-bond acceptors (Lipinski definition) is 2. The minimum Gasteiger partial charge on any atom is -0.349 e. The van der Waals surface area contributed by atoms with Gasteiger partial charge in [0.05, 0.1) is 23.3 Å². The van der Waals surface area contributed by atoms with Crippen LogP contribution in [0.15, 0.2) is 72.9 Å². The van der Waals surface area contributed by atoms with Gasteiger partial charge in [0.1, 0.15) is 0 Å². The highest BCUT2D eigenvalue weighted by Crippen LogP contribution is 2.55. The zero-order chi connectivity index (χ0) is 23.3. The van der Waals surface area contributed by atoms with Gasteiger partial charge in [-0.15, -0.1) is 0 Å². The molecule has 4 aromatic rings. The van der Waals surface area contributed by atoms with Gasteiger partial charge in [-0.05, 0) is 66.8 Å². The summed E-state index contributed by atoms with van der Waals surface area (Å²) in [5.41, 5.74) is 5.46. The lowest BCUT2D eigenvalue weighted by Crippen LogP contribution is -2.53. The zero-order valence-electron chi connectivity index (χ0n) is 19.3. The molecule has 2 saturated carbocycles. The van der Waals surface area contributed by atoms with Crippen LogP contribution in [0.3, 0.4) is 0 Å². The third-order valence-electron chi connectivity index (χ3n) is 7.87. The molecule has 2 fully saturated rings. The third kappa shape index (κ3) is 3.70. The van der Waals surface area contributed by atoms with E-state index in [-0.39, 0.29) is 18.0 Å². The summed E-state index contributed by atoms with van der Waals surface area (Å²) >= 11 is 6.39. The van der Waals surface area contributed by atoms with Crippen LogP contribution in [0.1, 0.15) is 61.0 Å². The number of nitrogens with one attached hydrogen (secondary N) is 1. The standard InChI is InChI=1S/C29H28ClN3O/c1-19(20-8-10-22(11-9-20)21-6-3-2-4-7-21)33-27-23(18-31-33)14-24(30)15-26(27)28(34)32-25-16-29(17-25)12-5-13-29/h2-4,6-11,14-15,18-19,25H,5,12-13,16-17H2,1H3,(H,32,34). The minimum absolute atomic E-state index is 0.0306. The van der Waals surface area contributed by atoms with Gasteiger partial charge in [-0.3, -0.25) is 9.48 Å². The Kier molecular flexibility index (Phi) is 5.22. The van der Waals surface area contributed by atoms with Crippen LogP contribution in [-0.2, 0) is 0 Å². The fraction of sp³-hybridized carbons (Fsp3) is 0.310. The van der Waals surface area contributed by atoms with Crippen LogP contribution in [0.4, 0.5) is 0 Å². The third-order valence-corrected chi connectivity index (χ3v) is 8.09. The van der Waals surface area contributed by atoms with E-state index in [1.165, 1.54) is 30.4 Å². The van der Waals surface area contributed by atoms with Gasteiger partial charge in [-0.2, -0.15) is 5.10 Å². The van der Waals surface area contributed by atoms with E-state index in [4.69, 9.17) is 11.6 Å². The van der Waals surface area contributed by atoms with Gasteiger partial charge in [0.15, 0.2) is 0 Å². The summed E-state index contributed by atoms with van der Waals surface area (Å²) in [6.45, 7) is 2.12. The Labute approximate surface area is 204 Å². The molecule has 6 rings (SSSR count). The number of hydrogen-bond donors (Lipinski definition) is 1. The number of carbonyl (C=O) groups excluding carboxylic acids is 1. The van der Waals surface area contributed by atoms with Gasteiger partial charge in [-0.1, -0.05) is 72.6 Å². The Morgan fingerprint density at radius 2 is 1.76 bits per heavy atom. The SMILES string of the molecule is CC(c1ccc(-c2ccccc2)cc1)n1ncc2cc(Cl)cc(C(=O)NC3CC4(CCC4)C3)c21. The summed E-state index contributed by atoms with van der Waals surface area (Å²) in [4.78, 5) is 13.3. The smallest absolute Gasteiger partial charge is 0.253 e. The molecule has 34 heavy (non-hydrogen) atoms. The number of amides is 1. The Balaban J connectivity index is 1.29. The lowest BCUT2D eigenvalue weighted by atomic mass is 9.54. The van der Waals surface area contributed by atoms with Gasteiger partial charge in [0.25, 0.3) is 5.91 Å². The van der Waals surface area contributed by atoms with Crippen molar-refractivity contribution in [3.8, 4) is 11.1 Å². The summed E-state index contributed by atoms with van der Waals surface area (Å²) in [5, 5.41) is 9.37. The Bertz CT molecular complexity index is 1350.